The van der Waals surface area contributed by atoms with E-state index in [0.29, 0.717) is 0 Å². The van der Waals surface area contributed by atoms with Gasteiger partial charge < -0.3 is 10.6 Å². The molecule has 0 saturated carbocycles. The Morgan fingerprint density at radius 2 is 2.17 bits per heavy atom. The third-order valence-electron chi connectivity index (χ3n) is 2.70. The minimum Gasteiger partial charge on any atom is -0.371 e. The van der Waals surface area contributed by atoms with Gasteiger partial charge >= 0.3 is 0 Å². The molecule has 0 aliphatic carbocycles. The van der Waals surface area contributed by atoms with E-state index in [9.17, 15) is 9.18 Å². The Hall–Kier alpha value is -1.65. The van der Waals surface area contributed by atoms with E-state index in [-0.39, 0.29) is 16.9 Å². The lowest BCUT2D eigenvalue weighted by Gasteiger charge is -2.25. The van der Waals surface area contributed by atoms with Gasteiger partial charge in [0.25, 0.3) is 5.91 Å². The highest BCUT2D eigenvalue weighted by Crippen LogP contribution is 2.17. The molecule has 1 aromatic rings. The summed E-state index contributed by atoms with van der Waals surface area (Å²) in [7, 11) is 1.56. The SMILES string of the molecule is CCCC(C)(C)NC(=O)c1ccnc(NC)c1F. The molecule has 0 aromatic carbocycles. The van der Waals surface area contributed by atoms with Crippen molar-refractivity contribution in [3.8, 4) is 0 Å². The van der Waals surface area contributed by atoms with Crippen molar-refractivity contribution in [1.29, 1.82) is 0 Å². The van der Waals surface area contributed by atoms with E-state index < -0.39 is 11.7 Å². The standard InChI is InChI=1S/C13H20FN3O/c1-5-7-13(2,3)17-12(18)9-6-8-16-11(15-4)10(9)14/h6,8H,5,7H2,1-4H3,(H,15,16)(H,17,18). The number of rotatable bonds is 5. The summed E-state index contributed by atoms with van der Waals surface area (Å²) in [6.07, 6.45) is 3.20. The molecule has 0 saturated heterocycles. The van der Waals surface area contributed by atoms with Crippen LogP contribution in [-0.2, 0) is 0 Å². The van der Waals surface area contributed by atoms with E-state index in [4.69, 9.17) is 0 Å². The summed E-state index contributed by atoms with van der Waals surface area (Å²) in [6, 6.07) is 1.38. The van der Waals surface area contributed by atoms with Crippen molar-refractivity contribution in [1.82, 2.24) is 10.3 Å². The first-order valence-corrected chi connectivity index (χ1v) is 6.06. The van der Waals surface area contributed by atoms with Gasteiger partial charge in [0.05, 0.1) is 5.56 Å². The van der Waals surface area contributed by atoms with Crippen LogP contribution >= 0.6 is 0 Å². The molecular weight excluding hydrogens is 233 g/mol. The number of pyridine rings is 1. The average molecular weight is 253 g/mol. The highest BCUT2D eigenvalue weighted by molar-refractivity contribution is 5.95. The number of amides is 1. The second kappa shape index (κ2) is 5.80. The molecule has 1 aromatic heterocycles. The fourth-order valence-electron chi connectivity index (χ4n) is 1.86. The molecule has 1 amide bonds. The predicted molar refractivity (Wildman–Crippen MR) is 70.2 cm³/mol. The fraction of sp³-hybridized carbons (Fsp3) is 0.538. The van der Waals surface area contributed by atoms with E-state index in [2.05, 4.69) is 15.6 Å². The largest absolute Gasteiger partial charge is 0.371 e. The Morgan fingerprint density at radius 3 is 2.72 bits per heavy atom. The zero-order chi connectivity index (χ0) is 13.8. The molecule has 1 rings (SSSR count). The van der Waals surface area contributed by atoms with Crippen molar-refractivity contribution in [2.24, 2.45) is 0 Å². The lowest BCUT2D eigenvalue weighted by molar-refractivity contribution is 0.0905. The summed E-state index contributed by atoms with van der Waals surface area (Å²) in [6.45, 7) is 5.89. The van der Waals surface area contributed by atoms with Crippen LogP contribution in [0.15, 0.2) is 12.3 Å². The first kappa shape index (κ1) is 14.4. The van der Waals surface area contributed by atoms with Crippen LogP contribution in [0.3, 0.4) is 0 Å². The topological polar surface area (TPSA) is 54.0 Å². The lowest BCUT2D eigenvalue weighted by Crippen LogP contribution is -2.43. The molecule has 0 unspecified atom stereocenters. The molecule has 0 aliphatic rings. The van der Waals surface area contributed by atoms with Gasteiger partial charge in [-0.25, -0.2) is 9.37 Å². The van der Waals surface area contributed by atoms with Crippen molar-refractivity contribution in [2.75, 3.05) is 12.4 Å². The van der Waals surface area contributed by atoms with Crippen LogP contribution in [0.2, 0.25) is 0 Å². The van der Waals surface area contributed by atoms with Crippen LogP contribution in [0.5, 0.6) is 0 Å². The van der Waals surface area contributed by atoms with Crippen LogP contribution in [0, 0.1) is 5.82 Å². The maximum atomic E-state index is 13.9. The molecule has 2 N–H and O–H groups in total. The third-order valence-corrected chi connectivity index (χ3v) is 2.70. The first-order valence-electron chi connectivity index (χ1n) is 6.06. The molecule has 0 atom stereocenters. The Kier molecular flexibility index (Phi) is 4.64. The molecular formula is C13H20FN3O. The van der Waals surface area contributed by atoms with Crippen LogP contribution in [0.25, 0.3) is 0 Å². The van der Waals surface area contributed by atoms with Gasteiger partial charge in [0.15, 0.2) is 11.6 Å². The number of hydrogen-bond acceptors (Lipinski definition) is 3. The minimum atomic E-state index is -0.621. The van der Waals surface area contributed by atoms with Crippen molar-refractivity contribution in [3.63, 3.8) is 0 Å². The van der Waals surface area contributed by atoms with Crippen LogP contribution in [0.1, 0.15) is 44.0 Å². The third kappa shape index (κ3) is 3.42. The molecule has 0 radical (unpaired) electrons. The van der Waals surface area contributed by atoms with Gasteiger partial charge in [0.2, 0.25) is 0 Å². The van der Waals surface area contributed by atoms with Crippen LogP contribution < -0.4 is 10.6 Å². The van der Waals surface area contributed by atoms with Gasteiger partial charge in [-0.05, 0) is 26.3 Å². The molecule has 0 bridgehead atoms. The Labute approximate surface area is 107 Å². The monoisotopic (exact) mass is 253 g/mol. The smallest absolute Gasteiger partial charge is 0.254 e. The molecule has 4 nitrogen and oxygen atoms in total. The molecule has 1 heterocycles. The van der Waals surface area contributed by atoms with E-state index >= 15 is 0 Å². The van der Waals surface area contributed by atoms with Crippen molar-refractivity contribution < 1.29 is 9.18 Å². The normalized spacial score (nSPS) is 11.2. The van der Waals surface area contributed by atoms with Gasteiger partial charge in [-0.1, -0.05) is 13.3 Å². The van der Waals surface area contributed by atoms with Gasteiger partial charge in [-0.15, -0.1) is 0 Å². The molecule has 0 fully saturated rings. The number of nitrogens with one attached hydrogen (secondary N) is 2. The number of carbonyl (C=O) groups is 1. The van der Waals surface area contributed by atoms with E-state index in [1.807, 2.05) is 20.8 Å². The Morgan fingerprint density at radius 1 is 1.50 bits per heavy atom. The average Bonchev–Trinajstić information content (AvgIpc) is 2.28. The highest BCUT2D eigenvalue weighted by Gasteiger charge is 2.23. The molecule has 0 spiro atoms. The van der Waals surface area contributed by atoms with Gasteiger partial charge in [0, 0.05) is 18.8 Å². The zero-order valence-corrected chi connectivity index (χ0v) is 11.3. The quantitative estimate of drug-likeness (QED) is 0.848. The summed E-state index contributed by atoms with van der Waals surface area (Å²) < 4.78 is 13.9. The predicted octanol–water partition coefficient (Wildman–Crippen LogP) is 2.57. The van der Waals surface area contributed by atoms with E-state index in [1.165, 1.54) is 12.3 Å². The number of aromatic nitrogens is 1. The fourth-order valence-corrected chi connectivity index (χ4v) is 1.86. The maximum Gasteiger partial charge on any atom is 0.254 e. The second-order valence-electron chi connectivity index (χ2n) is 4.86. The van der Waals surface area contributed by atoms with Crippen LogP contribution in [0.4, 0.5) is 10.2 Å². The van der Waals surface area contributed by atoms with Gasteiger partial charge in [-0.3, -0.25) is 4.79 Å². The number of halogens is 1. The number of nitrogens with zero attached hydrogens (tertiary/aromatic N) is 1. The van der Waals surface area contributed by atoms with E-state index in [0.717, 1.165) is 12.8 Å². The van der Waals surface area contributed by atoms with Crippen LogP contribution in [-0.4, -0.2) is 23.5 Å². The Bertz CT molecular complexity index is 432. The van der Waals surface area contributed by atoms with Crippen molar-refractivity contribution in [3.05, 3.63) is 23.6 Å². The Balaban J connectivity index is 2.91. The number of carbonyl (C=O) groups excluding carboxylic acids is 1. The molecule has 5 heteroatoms. The van der Waals surface area contributed by atoms with Crippen molar-refractivity contribution in [2.45, 2.75) is 39.2 Å². The summed E-state index contributed by atoms with van der Waals surface area (Å²) in [4.78, 5) is 15.8. The second-order valence-corrected chi connectivity index (χ2v) is 4.86. The first-order chi connectivity index (χ1) is 8.41. The lowest BCUT2D eigenvalue weighted by atomic mass is 9.98. The molecule has 0 aliphatic heterocycles. The minimum absolute atomic E-state index is 0.0125. The highest BCUT2D eigenvalue weighted by atomic mass is 19.1. The summed E-state index contributed by atoms with van der Waals surface area (Å²) in [5.41, 5.74) is -0.333. The maximum absolute atomic E-state index is 13.9. The summed E-state index contributed by atoms with van der Waals surface area (Å²) >= 11 is 0. The van der Waals surface area contributed by atoms with Gasteiger partial charge in [-0.2, -0.15) is 0 Å². The molecule has 18 heavy (non-hydrogen) atoms. The number of anilines is 1. The van der Waals surface area contributed by atoms with E-state index in [1.54, 1.807) is 7.05 Å². The number of hydrogen-bond donors (Lipinski definition) is 2. The van der Waals surface area contributed by atoms with Crippen molar-refractivity contribution >= 4 is 11.7 Å². The van der Waals surface area contributed by atoms with Gasteiger partial charge in [0.1, 0.15) is 0 Å². The zero-order valence-electron chi connectivity index (χ0n) is 11.3. The summed E-state index contributed by atoms with van der Waals surface area (Å²) in [5, 5.41) is 5.44. The summed E-state index contributed by atoms with van der Waals surface area (Å²) in [5.74, 6) is -0.953. The molecule has 100 valence electrons.